The van der Waals surface area contributed by atoms with Crippen LogP contribution in [0.5, 0.6) is 0 Å². The van der Waals surface area contributed by atoms with Crippen molar-refractivity contribution >= 4 is 11.8 Å². The number of benzene rings is 2. The van der Waals surface area contributed by atoms with Crippen molar-refractivity contribution in [2.24, 2.45) is 0 Å². The average Bonchev–Trinajstić information content (AvgIpc) is 2.64. The van der Waals surface area contributed by atoms with Crippen molar-refractivity contribution in [3.63, 3.8) is 0 Å². The first-order valence-corrected chi connectivity index (χ1v) is 8.73. The molecule has 0 aliphatic carbocycles. The second kappa shape index (κ2) is 9.02. The minimum Gasteiger partial charge on any atom is -0.341 e. The maximum absolute atomic E-state index is 12.7. The van der Waals surface area contributed by atoms with Gasteiger partial charge < -0.3 is 10.2 Å². The Morgan fingerprint density at radius 3 is 2.04 bits per heavy atom. The van der Waals surface area contributed by atoms with E-state index in [1.54, 1.807) is 4.90 Å². The molecule has 0 aromatic heterocycles. The molecule has 0 spiro atoms. The monoisotopic (exact) mass is 338 g/mol. The first kappa shape index (κ1) is 18.7. The molecule has 2 rings (SSSR count). The van der Waals surface area contributed by atoms with Crippen LogP contribution in [0.25, 0.3) is 0 Å². The summed E-state index contributed by atoms with van der Waals surface area (Å²) >= 11 is 0. The molecule has 0 unspecified atom stereocenters. The average molecular weight is 338 g/mol. The van der Waals surface area contributed by atoms with Crippen molar-refractivity contribution in [3.05, 3.63) is 71.8 Å². The van der Waals surface area contributed by atoms with Gasteiger partial charge in [0.15, 0.2) is 0 Å². The molecule has 0 heterocycles. The van der Waals surface area contributed by atoms with Gasteiger partial charge in [0, 0.05) is 12.6 Å². The summed E-state index contributed by atoms with van der Waals surface area (Å²) in [7, 11) is 0. The highest BCUT2D eigenvalue weighted by atomic mass is 16.2. The van der Waals surface area contributed by atoms with Gasteiger partial charge in [-0.1, -0.05) is 67.6 Å². The molecule has 0 saturated carbocycles. The Bertz CT molecular complexity index is 684. The molecular weight excluding hydrogens is 312 g/mol. The number of hydrogen-bond donors (Lipinski definition) is 1. The molecule has 2 amide bonds. The predicted molar refractivity (Wildman–Crippen MR) is 99.7 cm³/mol. The second-order valence-corrected chi connectivity index (χ2v) is 6.36. The van der Waals surface area contributed by atoms with Gasteiger partial charge in [0.05, 0.1) is 6.04 Å². The van der Waals surface area contributed by atoms with Crippen LogP contribution in [0.15, 0.2) is 60.7 Å². The van der Waals surface area contributed by atoms with E-state index in [0.717, 1.165) is 17.5 Å². The number of hydrogen-bond acceptors (Lipinski definition) is 2. The van der Waals surface area contributed by atoms with Crippen LogP contribution < -0.4 is 5.32 Å². The summed E-state index contributed by atoms with van der Waals surface area (Å²) in [6, 6.07) is 19.2. The largest absolute Gasteiger partial charge is 0.341 e. The van der Waals surface area contributed by atoms with Crippen LogP contribution in [-0.4, -0.2) is 22.8 Å². The fourth-order valence-corrected chi connectivity index (χ4v) is 2.73. The van der Waals surface area contributed by atoms with Gasteiger partial charge in [-0.25, -0.2) is 0 Å². The number of carbonyl (C=O) groups excluding carboxylic acids is 2. The number of rotatable bonds is 6. The Morgan fingerprint density at radius 2 is 1.52 bits per heavy atom. The highest BCUT2D eigenvalue weighted by molar-refractivity contribution is 6.35. The van der Waals surface area contributed by atoms with E-state index in [1.807, 2.05) is 81.4 Å². The first-order chi connectivity index (χ1) is 12.0. The lowest BCUT2D eigenvalue weighted by atomic mass is 10.0. The van der Waals surface area contributed by atoms with E-state index in [0.29, 0.717) is 6.54 Å². The van der Waals surface area contributed by atoms with Crippen LogP contribution in [0.4, 0.5) is 0 Å². The van der Waals surface area contributed by atoms with E-state index >= 15 is 0 Å². The van der Waals surface area contributed by atoms with Gasteiger partial charge in [-0.15, -0.1) is 0 Å². The molecule has 0 aliphatic heterocycles. The van der Waals surface area contributed by atoms with E-state index in [4.69, 9.17) is 0 Å². The third-order valence-electron chi connectivity index (χ3n) is 4.19. The Balaban J connectivity index is 2.08. The number of carbonyl (C=O) groups is 2. The summed E-state index contributed by atoms with van der Waals surface area (Å²) in [5.74, 6) is -1.05. The van der Waals surface area contributed by atoms with Crippen molar-refractivity contribution in [1.29, 1.82) is 0 Å². The van der Waals surface area contributed by atoms with E-state index in [-0.39, 0.29) is 12.1 Å². The highest BCUT2D eigenvalue weighted by Crippen LogP contribution is 2.16. The molecule has 1 atom stereocenters. The Kier molecular flexibility index (Phi) is 6.75. The van der Waals surface area contributed by atoms with E-state index in [2.05, 4.69) is 5.32 Å². The van der Waals surface area contributed by atoms with Crippen LogP contribution in [0.2, 0.25) is 0 Å². The summed E-state index contributed by atoms with van der Waals surface area (Å²) in [4.78, 5) is 26.8. The highest BCUT2D eigenvalue weighted by Gasteiger charge is 2.26. The van der Waals surface area contributed by atoms with E-state index in [9.17, 15) is 9.59 Å². The van der Waals surface area contributed by atoms with Crippen LogP contribution in [0, 0.1) is 0 Å². The first-order valence-electron chi connectivity index (χ1n) is 8.73. The third-order valence-corrected chi connectivity index (χ3v) is 4.19. The zero-order chi connectivity index (χ0) is 18.2. The summed E-state index contributed by atoms with van der Waals surface area (Å²) < 4.78 is 0. The van der Waals surface area contributed by atoms with Crippen LogP contribution in [-0.2, 0) is 16.1 Å². The molecule has 0 fully saturated rings. The lowest BCUT2D eigenvalue weighted by Crippen LogP contribution is -2.46. The Morgan fingerprint density at radius 1 is 0.960 bits per heavy atom. The zero-order valence-corrected chi connectivity index (χ0v) is 15.1. The topological polar surface area (TPSA) is 49.4 Å². The fourth-order valence-electron chi connectivity index (χ4n) is 2.73. The molecule has 0 aliphatic rings. The van der Waals surface area contributed by atoms with Crippen LogP contribution in [0.1, 0.15) is 44.4 Å². The smallest absolute Gasteiger partial charge is 0.312 e. The Labute approximate surface area is 149 Å². The minimum absolute atomic E-state index is 0.0599. The van der Waals surface area contributed by atoms with Gasteiger partial charge in [-0.3, -0.25) is 9.59 Å². The van der Waals surface area contributed by atoms with Gasteiger partial charge in [0.25, 0.3) is 0 Å². The summed E-state index contributed by atoms with van der Waals surface area (Å²) in [6.45, 7) is 6.25. The van der Waals surface area contributed by atoms with Crippen molar-refractivity contribution in [1.82, 2.24) is 10.2 Å². The fraction of sp³-hybridized carbons (Fsp3) is 0.333. The molecule has 0 radical (unpaired) electrons. The van der Waals surface area contributed by atoms with Crippen molar-refractivity contribution in [3.8, 4) is 0 Å². The van der Waals surface area contributed by atoms with Crippen molar-refractivity contribution in [2.45, 2.75) is 45.8 Å². The van der Waals surface area contributed by atoms with E-state index in [1.165, 1.54) is 0 Å². The van der Waals surface area contributed by atoms with Gasteiger partial charge in [-0.2, -0.15) is 0 Å². The predicted octanol–water partition coefficient (Wildman–Crippen LogP) is 3.69. The van der Waals surface area contributed by atoms with Crippen molar-refractivity contribution < 1.29 is 9.59 Å². The SMILES string of the molecule is CC[C@H](NC(=O)C(=O)N(Cc1ccccc1)C(C)C)c1ccccc1. The van der Waals surface area contributed by atoms with Crippen LogP contribution >= 0.6 is 0 Å². The summed E-state index contributed by atoms with van der Waals surface area (Å²) in [5, 5.41) is 2.87. The summed E-state index contributed by atoms with van der Waals surface area (Å²) in [6.07, 6.45) is 0.726. The maximum Gasteiger partial charge on any atom is 0.312 e. The van der Waals surface area contributed by atoms with Gasteiger partial charge >= 0.3 is 11.8 Å². The molecular formula is C21H26N2O2. The molecule has 2 aromatic rings. The molecule has 2 aromatic carbocycles. The molecule has 1 N–H and O–H groups in total. The molecule has 0 bridgehead atoms. The zero-order valence-electron chi connectivity index (χ0n) is 15.1. The van der Waals surface area contributed by atoms with Crippen molar-refractivity contribution in [2.75, 3.05) is 0 Å². The van der Waals surface area contributed by atoms with Gasteiger partial charge in [-0.05, 0) is 31.4 Å². The summed E-state index contributed by atoms with van der Waals surface area (Å²) in [5.41, 5.74) is 2.01. The van der Waals surface area contributed by atoms with Crippen LogP contribution in [0.3, 0.4) is 0 Å². The lowest BCUT2D eigenvalue weighted by Gasteiger charge is -2.27. The third kappa shape index (κ3) is 5.18. The standard InChI is InChI=1S/C21H26N2O2/c1-4-19(18-13-9-6-10-14-18)22-20(24)21(25)23(16(2)3)15-17-11-7-5-8-12-17/h5-14,16,19H,4,15H2,1-3H3,(H,22,24)/t19-/m0/s1. The molecule has 4 heteroatoms. The Hall–Kier alpha value is -2.62. The molecule has 132 valence electrons. The molecule has 25 heavy (non-hydrogen) atoms. The number of nitrogens with zero attached hydrogens (tertiary/aromatic N) is 1. The lowest BCUT2D eigenvalue weighted by molar-refractivity contribution is -0.147. The quantitative estimate of drug-likeness (QED) is 0.817. The van der Waals surface area contributed by atoms with Gasteiger partial charge in [0.2, 0.25) is 0 Å². The maximum atomic E-state index is 12.7. The van der Waals surface area contributed by atoms with Gasteiger partial charge in [0.1, 0.15) is 0 Å². The number of amides is 2. The van der Waals surface area contributed by atoms with E-state index < -0.39 is 11.8 Å². The second-order valence-electron chi connectivity index (χ2n) is 6.36. The molecule has 0 saturated heterocycles. The minimum atomic E-state index is -0.555. The molecule has 4 nitrogen and oxygen atoms in total. The normalized spacial score (nSPS) is 11.8. The number of nitrogens with one attached hydrogen (secondary N) is 1.